The Morgan fingerprint density at radius 3 is 2.71 bits per heavy atom. The molecule has 1 aliphatic heterocycles. The van der Waals surface area contributed by atoms with Crippen LogP contribution in [0.15, 0.2) is 48.5 Å². The van der Waals surface area contributed by atoms with Crippen molar-refractivity contribution < 1.29 is 14.6 Å². The molecule has 3 unspecified atom stereocenters. The molecule has 0 radical (unpaired) electrons. The molecule has 3 atom stereocenters. The Kier molecular flexibility index (Phi) is 5.19. The number of amides is 1. The van der Waals surface area contributed by atoms with Gasteiger partial charge >= 0.3 is 0 Å². The van der Waals surface area contributed by atoms with Gasteiger partial charge in [-0.1, -0.05) is 48.0 Å². The first-order valence-electron chi connectivity index (χ1n) is 7.99. The summed E-state index contributed by atoms with van der Waals surface area (Å²) in [5.41, 5.74) is 2.74. The largest absolute Gasteiger partial charge is 0.386 e. The van der Waals surface area contributed by atoms with Crippen molar-refractivity contribution >= 4 is 17.5 Å². The van der Waals surface area contributed by atoms with Gasteiger partial charge in [0.05, 0.1) is 18.8 Å². The van der Waals surface area contributed by atoms with E-state index in [9.17, 15) is 9.90 Å². The first-order valence-corrected chi connectivity index (χ1v) is 8.37. The van der Waals surface area contributed by atoms with E-state index < -0.39 is 18.2 Å². The van der Waals surface area contributed by atoms with Crippen molar-refractivity contribution in [3.8, 4) is 0 Å². The van der Waals surface area contributed by atoms with Crippen LogP contribution in [0.1, 0.15) is 35.8 Å². The fraction of sp³-hybridized carbons (Fsp3) is 0.316. The summed E-state index contributed by atoms with van der Waals surface area (Å²) in [6, 6.07) is 14.3. The molecule has 0 aliphatic carbocycles. The lowest BCUT2D eigenvalue weighted by atomic mass is 9.96. The number of hydrogen-bond donors (Lipinski definition) is 2. The Bertz CT molecular complexity index is 717. The quantitative estimate of drug-likeness (QED) is 0.894. The SMILES string of the molecule is CC(NC(=O)C1OCCc2ccccc21)C(O)c1ccc(Cl)cc1. The van der Waals surface area contributed by atoms with Crippen LogP contribution >= 0.6 is 11.6 Å². The third-order valence-electron chi connectivity index (χ3n) is 4.29. The Morgan fingerprint density at radius 1 is 1.25 bits per heavy atom. The average Bonchev–Trinajstić information content (AvgIpc) is 2.61. The predicted molar refractivity (Wildman–Crippen MR) is 92.9 cm³/mol. The molecule has 1 heterocycles. The number of aliphatic hydroxyl groups excluding tert-OH is 1. The van der Waals surface area contributed by atoms with E-state index in [1.165, 1.54) is 0 Å². The second kappa shape index (κ2) is 7.34. The van der Waals surface area contributed by atoms with E-state index in [-0.39, 0.29) is 5.91 Å². The summed E-state index contributed by atoms with van der Waals surface area (Å²) in [7, 11) is 0. The number of halogens is 1. The van der Waals surface area contributed by atoms with Gasteiger partial charge in [0.2, 0.25) is 0 Å². The smallest absolute Gasteiger partial charge is 0.254 e. The van der Waals surface area contributed by atoms with E-state index in [0.29, 0.717) is 17.2 Å². The summed E-state index contributed by atoms with van der Waals surface area (Å²) >= 11 is 5.86. The van der Waals surface area contributed by atoms with E-state index in [4.69, 9.17) is 16.3 Å². The lowest BCUT2D eigenvalue weighted by molar-refractivity contribution is -0.135. The normalized spacial score (nSPS) is 19.2. The summed E-state index contributed by atoms with van der Waals surface area (Å²) in [6.07, 6.45) is -0.636. The lowest BCUT2D eigenvalue weighted by Gasteiger charge is -2.28. The van der Waals surface area contributed by atoms with Gasteiger partial charge in [-0.2, -0.15) is 0 Å². The fourth-order valence-corrected chi connectivity index (χ4v) is 3.06. The van der Waals surface area contributed by atoms with Gasteiger partial charge in [-0.25, -0.2) is 0 Å². The molecule has 2 N–H and O–H groups in total. The van der Waals surface area contributed by atoms with Crippen LogP contribution < -0.4 is 5.32 Å². The van der Waals surface area contributed by atoms with Crippen LogP contribution in [0.3, 0.4) is 0 Å². The zero-order valence-electron chi connectivity index (χ0n) is 13.4. The van der Waals surface area contributed by atoms with E-state index in [1.807, 2.05) is 24.3 Å². The van der Waals surface area contributed by atoms with Gasteiger partial charge in [0.15, 0.2) is 6.10 Å². The molecule has 3 rings (SSSR count). The van der Waals surface area contributed by atoms with Crippen molar-refractivity contribution in [2.24, 2.45) is 0 Å². The van der Waals surface area contributed by atoms with Crippen LogP contribution in [0, 0.1) is 0 Å². The van der Waals surface area contributed by atoms with Crippen molar-refractivity contribution in [3.63, 3.8) is 0 Å². The number of carbonyl (C=O) groups is 1. The minimum atomic E-state index is -0.815. The molecule has 1 amide bonds. The summed E-state index contributed by atoms with van der Waals surface area (Å²) in [5.74, 6) is -0.234. The van der Waals surface area contributed by atoms with Crippen LogP contribution in [0.5, 0.6) is 0 Å². The standard InChI is InChI=1S/C19H20ClNO3/c1-12(17(22)14-6-8-15(20)9-7-14)21-19(23)18-16-5-3-2-4-13(16)10-11-24-18/h2-9,12,17-18,22H,10-11H2,1H3,(H,21,23). The molecule has 126 valence electrons. The van der Waals surface area contributed by atoms with Gasteiger partial charge in [0.25, 0.3) is 5.91 Å². The zero-order chi connectivity index (χ0) is 17.1. The molecule has 24 heavy (non-hydrogen) atoms. The predicted octanol–water partition coefficient (Wildman–Crippen LogP) is 3.19. The van der Waals surface area contributed by atoms with Crippen LogP contribution in [0.4, 0.5) is 0 Å². The number of rotatable bonds is 4. The minimum absolute atomic E-state index is 0.234. The molecule has 0 saturated heterocycles. The average molecular weight is 346 g/mol. The van der Waals surface area contributed by atoms with Gasteiger partial charge in [-0.05, 0) is 42.2 Å². The zero-order valence-corrected chi connectivity index (χ0v) is 14.2. The van der Waals surface area contributed by atoms with Gasteiger partial charge in [-0.15, -0.1) is 0 Å². The van der Waals surface area contributed by atoms with Crippen LogP contribution in [-0.2, 0) is 16.0 Å². The van der Waals surface area contributed by atoms with Crippen LogP contribution in [-0.4, -0.2) is 23.7 Å². The number of ether oxygens (including phenoxy) is 1. The number of fused-ring (bicyclic) bond motifs is 1. The molecular weight excluding hydrogens is 326 g/mol. The number of nitrogens with one attached hydrogen (secondary N) is 1. The number of hydrogen-bond acceptors (Lipinski definition) is 3. The first kappa shape index (κ1) is 17.0. The number of carbonyl (C=O) groups excluding carboxylic acids is 1. The van der Waals surface area contributed by atoms with Gasteiger partial charge in [-0.3, -0.25) is 4.79 Å². The highest BCUT2D eigenvalue weighted by molar-refractivity contribution is 6.30. The second-order valence-corrected chi connectivity index (χ2v) is 6.43. The molecule has 1 aliphatic rings. The van der Waals surface area contributed by atoms with Crippen LogP contribution in [0.25, 0.3) is 0 Å². The van der Waals surface area contributed by atoms with Crippen LogP contribution in [0.2, 0.25) is 5.02 Å². The van der Waals surface area contributed by atoms with E-state index in [0.717, 1.165) is 17.5 Å². The van der Waals surface area contributed by atoms with Crippen molar-refractivity contribution in [1.82, 2.24) is 5.32 Å². The van der Waals surface area contributed by atoms with Gasteiger partial charge in [0, 0.05) is 5.02 Å². The molecule has 2 aromatic rings. The van der Waals surface area contributed by atoms with E-state index in [1.54, 1.807) is 31.2 Å². The molecule has 0 fully saturated rings. The highest BCUT2D eigenvalue weighted by Gasteiger charge is 2.29. The highest BCUT2D eigenvalue weighted by atomic mass is 35.5. The maximum atomic E-state index is 12.6. The Morgan fingerprint density at radius 2 is 1.96 bits per heavy atom. The summed E-state index contributed by atoms with van der Waals surface area (Å²) in [6.45, 7) is 2.29. The summed E-state index contributed by atoms with van der Waals surface area (Å²) < 4.78 is 5.66. The number of benzene rings is 2. The summed E-state index contributed by atoms with van der Waals surface area (Å²) in [4.78, 5) is 12.6. The highest BCUT2D eigenvalue weighted by Crippen LogP contribution is 2.28. The molecule has 0 saturated carbocycles. The third kappa shape index (κ3) is 3.61. The Hall–Kier alpha value is -1.88. The van der Waals surface area contributed by atoms with Crippen molar-refractivity contribution in [1.29, 1.82) is 0 Å². The molecule has 4 nitrogen and oxygen atoms in total. The Balaban J connectivity index is 1.69. The molecular formula is C19H20ClNO3. The van der Waals surface area contributed by atoms with Crippen molar-refractivity contribution in [2.45, 2.75) is 31.6 Å². The molecule has 2 aromatic carbocycles. The molecule has 5 heteroatoms. The van der Waals surface area contributed by atoms with Gasteiger partial charge in [0.1, 0.15) is 0 Å². The maximum Gasteiger partial charge on any atom is 0.254 e. The van der Waals surface area contributed by atoms with E-state index >= 15 is 0 Å². The second-order valence-electron chi connectivity index (χ2n) is 5.99. The fourth-order valence-electron chi connectivity index (χ4n) is 2.94. The van der Waals surface area contributed by atoms with E-state index in [2.05, 4.69) is 5.32 Å². The Labute approximate surface area is 146 Å². The maximum absolute atomic E-state index is 12.6. The first-order chi connectivity index (χ1) is 11.6. The molecule has 0 spiro atoms. The van der Waals surface area contributed by atoms with Gasteiger partial charge < -0.3 is 15.2 Å². The monoisotopic (exact) mass is 345 g/mol. The minimum Gasteiger partial charge on any atom is -0.386 e. The van der Waals surface area contributed by atoms with Crippen molar-refractivity contribution in [3.05, 3.63) is 70.2 Å². The van der Waals surface area contributed by atoms with Crippen molar-refractivity contribution in [2.75, 3.05) is 6.61 Å². The third-order valence-corrected chi connectivity index (χ3v) is 4.54. The summed E-state index contributed by atoms with van der Waals surface area (Å²) in [5, 5.41) is 13.9. The topological polar surface area (TPSA) is 58.6 Å². The number of aliphatic hydroxyl groups is 1. The lowest BCUT2D eigenvalue weighted by Crippen LogP contribution is -2.41. The molecule has 0 aromatic heterocycles. The molecule has 0 bridgehead atoms.